The molecule has 130 valence electrons. The van der Waals surface area contributed by atoms with Crippen LogP contribution in [0.4, 0.5) is 0 Å². The average Bonchev–Trinajstić information content (AvgIpc) is 2.57. The highest BCUT2D eigenvalue weighted by Gasteiger charge is 2.28. The summed E-state index contributed by atoms with van der Waals surface area (Å²) >= 11 is 6.32. The summed E-state index contributed by atoms with van der Waals surface area (Å²) in [7, 11) is 3.98. The van der Waals surface area contributed by atoms with E-state index in [-0.39, 0.29) is 18.0 Å². The third-order valence-electron chi connectivity index (χ3n) is 4.57. The molecule has 0 spiro atoms. The number of likely N-dealkylation sites (N-methyl/N-ethyl adjacent to an activating group) is 1. The summed E-state index contributed by atoms with van der Waals surface area (Å²) in [6.07, 6.45) is 8.47. The van der Waals surface area contributed by atoms with Crippen molar-refractivity contribution in [2.24, 2.45) is 0 Å². The Morgan fingerprint density at radius 3 is 2.88 bits per heavy atom. The molecule has 1 heterocycles. The van der Waals surface area contributed by atoms with Gasteiger partial charge in [0.2, 0.25) is 5.91 Å². The van der Waals surface area contributed by atoms with Gasteiger partial charge in [0.05, 0.1) is 18.6 Å². The van der Waals surface area contributed by atoms with Gasteiger partial charge < -0.3 is 10.2 Å². The summed E-state index contributed by atoms with van der Waals surface area (Å²) in [5.74, 6) is 2.72. The second-order valence-electron chi connectivity index (χ2n) is 6.43. The Hall–Kier alpha value is -1.54. The first-order valence-corrected chi connectivity index (χ1v) is 8.78. The van der Waals surface area contributed by atoms with Crippen LogP contribution in [0.15, 0.2) is 24.3 Å². The summed E-state index contributed by atoms with van der Waals surface area (Å²) < 4.78 is 0. The first-order chi connectivity index (χ1) is 11.5. The van der Waals surface area contributed by atoms with E-state index in [1.54, 1.807) is 0 Å². The molecule has 1 fully saturated rings. The maximum atomic E-state index is 12.7. The Morgan fingerprint density at radius 1 is 1.46 bits per heavy atom. The van der Waals surface area contributed by atoms with E-state index >= 15 is 0 Å². The van der Waals surface area contributed by atoms with Gasteiger partial charge in [0.25, 0.3) is 0 Å². The van der Waals surface area contributed by atoms with Crippen LogP contribution in [-0.4, -0.2) is 55.5 Å². The third-order valence-corrected chi connectivity index (χ3v) is 4.91. The number of nitrogens with zero attached hydrogens (tertiary/aromatic N) is 2. The van der Waals surface area contributed by atoms with E-state index in [0.29, 0.717) is 13.1 Å². The SMILES string of the molecule is C#CCN1CCCCC1C(=O)NCC(c1ccccc1Cl)N(C)C. The van der Waals surface area contributed by atoms with Crippen LogP contribution in [0.5, 0.6) is 0 Å². The molecular formula is C19H26ClN3O. The minimum absolute atomic E-state index is 0.0346. The molecule has 1 N–H and O–H groups in total. The molecule has 0 aliphatic carbocycles. The molecule has 1 amide bonds. The zero-order valence-electron chi connectivity index (χ0n) is 14.5. The highest BCUT2D eigenvalue weighted by Crippen LogP contribution is 2.25. The van der Waals surface area contributed by atoms with Gasteiger partial charge in [-0.15, -0.1) is 6.42 Å². The van der Waals surface area contributed by atoms with Gasteiger partial charge in [-0.3, -0.25) is 9.69 Å². The summed E-state index contributed by atoms with van der Waals surface area (Å²) in [6, 6.07) is 7.68. The van der Waals surface area contributed by atoms with E-state index in [0.717, 1.165) is 36.4 Å². The predicted octanol–water partition coefficient (Wildman–Crippen LogP) is 2.55. The topological polar surface area (TPSA) is 35.6 Å². The van der Waals surface area contributed by atoms with Crippen LogP contribution < -0.4 is 5.32 Å². The number of nitrogens with one attached hydrogen (secondary N) is 1. The fraction of sp³-hybridized carbons (Fsp3) is 0.526. The first-order valence-electron chi connectivity index (χ1n) is 8.40. The molecule has 1 aromatic carbocycles. The van der Waals surface area contributed by atoms with Gasteiger partial charge in [0.15, 0.2) is 0 Å². The normalized spacial score (nSPS) is 19.7. The quantitative estimate of drug-likeness (QED) is 0.803. The van der Waals surface area contributed by atoms with Crippen LogP contribution in [-0.2, 0) is 4.79 Å². The predicted molar refractivity (Wildman–Crippen MR) is 98.9 cm³/mol. The molecule has 2 rings (SSSR count). The van der Waals surface area contributed by atoms with Crippen LogP contribution in [0.1, 0.15) is 30.9 Å². The largest absolute Gasteiger partial charge is 0.353 e. The van der Waals surface area contributed by atoms with Gasteiger partial charge in [-0.05, 0) is 45.1 Å². The van der Waals surface area contributed by atoms with Crippen molar-refractivity contribution in [1.82, 2.24) is 15.1 Å². The number of hydrogen-bond acceptors (Lipinski definition) is 3. The molecule has 0 bridgehead atoms. The van der Waals surface area contributed by atoms with Crippen molar-refractivity contribution in [1.29, 1.82) is 0 Å². The third kappa shape index (κ3) is 4.73. The van der Waals surface area contributed by atoms with Crippen molar-refractivity contribution < 1.29 is 4.79 Å². The smallest absolute Gasteiger partial charge is 0.237 e. The number of carbonyl (C=O) groups excluding carboxylic acids is 1. The first kappa shape index (κ1) is 18.8. The maximum Gasteiger partial charge on any atom is 0.237 e. The number of likely N-dealkylation sites (tertiary alicyclic amines) is 1. The molecule has 2 atom stereocenters. The Morgan fingerprint density at radius 2 is 2.21 bits per heavy atom. The molecule has 0 saturated carbocycles. The molecule has 1 aromatic rings. The summed E-state index contributed by atoms with van der Waals surface area (Å²) in [5.41, 5.74) is 1.02. The van der Waals surface area contributed by atoms with Crippen LogP contribution in [0.3, 0.4) is 0 Å². The number of halogens is 1. The van der Waals surface area contributed by atoms with Crippen molar-refractivity contribution >= 4 is 17.5 Å². The number of terminal acetylenes is 1. The van der Waals surface area contributed by atoms with E-state index in [9.17, 15) is 4.79 Å². The average molecular weight is 348 g/mol. The van der Waals surface area contributed by atoms with Gasteiger partial charge in [-0.25, -0.2) is 0 Å². The summed E-state index contributed by atoms with van der Waals surface area (Å²) in [6.45, 7) is 1.94. The second kappa shape index (κ2) is 9.08. The molecular weight excluding hydrogens is 322 g/mol. The lowest BCUT2D eigenvalue weighted by Gasteiger charge is -2.34. The molecule has 0 radical (unpaired) electrons. The highest BCUT2D eigenvalue weighted by atomic mass is 35.5. The van der Waals surface area contributed by atoms with Gasteiger partial charge in [-0.1, -0.05) is 42.1 Å². The van der Waals surface area contributed by atoms with Crippen LogP contribution >= 0.6 is 11.6 Å². The van der Waals surface area contributed by atoms with E-state index in [1.807, 2.05) is 38.4 Å². The van der Waals surface area contributed by atoms with Crippen molar-refractivity contribution in [3.05, 3.63) is 34.9 Å². The second-order valence-corrected chi connectivity index (χ2v) is 6.84. The number of carbonyl (C=O) groups is 1. The molecule has 0 aromatic heterocycles. The lowest BCUT2D eigenvalue weighted by Crippen LogP contribution is -2.50. The van der Waals surface area contributed by atoms with Gasteiger partial charge in [-0.2, -0.15) is 0 Å². The van der Waals surface area contributed by atoms with Gasteiger partial charge in [0.1, 0.15) is 0 Å². The van der Waals surface area contributed by atoms with Crippen molar-refractivity contribution in [2.45, 2.75) is 31.3 Å². The van der Waals surface area contributed by atoms with Crippen LogP contribution in [0, 0.1) is 12.3 Å². The highest BCUT2D eigenvalue weighted by molar-refractivity contribution is 6.31. The molecule has 4 nitrogen and oxygen atoms in total. The number of benzene rings is 1. The molecule has 5 heteroatoms. The van der Waals surface area contributed by atoms with E-state index in [1.165, 1.54) is 0 Å². The lowest BCUT2D eigenvalue weighted by molar-refractivity contribution is -0.127. The van der Waals surface area contributed by atoms with Crippen LogP contribution in [0.25, 0.3) is 0 Å². The number of amides is 1. The Kier molecular flexibility index (Phi) is 7.11. The standard InChI is InChI=1S/C19H26ClN3O/c1-4-12-23-13-8-7-11-17(23)19(24)21-14-18(22(2)3)15-9-5-6-10-16(15)20/h1,5-6,9-10,17-18H,7-8,11-14H2,2-3H3,(H,21,24). The van der Waals surface area contributed by atoms with Crippen molar-refractivity contribution in [3.8, 4) is 12.3 Å². The molecule has 1 aliphatic rings. The lowest BCUT2D eigenvalue weighted by atomic mass is 10.0. The van der Waals surface area contributed by atoms with Crippen molar-refractivity contribution in [3.63, 3.8) is 0 Å². The van der Waals surface area contributed by atoms with E-state index in [4.69, 9.17) is 18.0 Å². The molecule has 2 unspecified atom stereocenters. The van der Waals surface area contributed by atoms with E-state index < -0.39 is 0 Å². The number of piperidine rings is 1. The Balaban J connectivity index is 2.02. The van der Waals surface area contributed by atoms with E-state index in [2.05, 4.69) is 21.0 Å². The Labute approximate surface area is 150 Å². The molecule has 1 saturated heterocycles. The summed E-state index contributed by atoms with van der Waals surface area (Å²) in [4.78, 5) is 16.8. The zero-order valence-corrected chi connectivity index (χ0v) is 15.2. The molecule has 24 heavy (non-hydrogen) atoms. The zero-order chi connectivity index (χ0) is 17.5. The number of hydrogen-bond donors (Lipinski definition) is 1. The van der Waals surface area contributed by atoms with Gasteiger partial charge >= 0.3 is 0 Å². The minimum Gasteiger partial charge on any atom is -0.353 e. The monoisotopic (exact) mass is 347 g/mol. The van der Waals surface area contributed by atoms with Crippen molar-refractivity contribution in [2.75, 3.05) is 33.7 Å². The Bertz CT molecular complexity index is 597. The number of rotatable bonds is 6. The fourth-order valence-electron chi connectivity index (χ4n) is 3.23. The maximum absolute atomic E-state index is 12.7. The minimum atomic E-state index is -0.121. The molecule has 1 aliphatic heterocycles. The van der Waals surface area contributed by atoms with Gasteiger partial charge in [0, 0.05) is 11.6 Å². The summed E-state index contributed by atoms with van der Waals surface area (Å²) in [5, 5.41) is 3.82. The fourth-order valence-corrected chi connectivity index (χ4v) is 3.49. The van der Waals surface area contributed by atoms with Crippen LogP contribution in [0.2, 0.25) is 5.02 Å².